The molecule has 230 valence electrons. The predicted octanol–water partition coefficient (Wildman–Crippen LogP) is 6.56. The molecule has 0 bridgehead atoms. The van der Waals surface area contributed by atoms with Gasteiger partial charge < -0.3 is 0 Å². The van der Waals surface area contributed by atoms with Crippen LogP contribution < -0.4 is 0 Å². The molecule has 0 spiro atoms. The van der Waals surface area contributed by atoms with Crippen LogP contribution in [0.25, 0.3) is 16.5 Å². The Labute approximate surface area is 252 Å². The molecule has 0 N–H and O–H groups in total. The minimum atomic E-state index is -3.92. The van der Waals surface area contributed by atoms with Crippen LogP contribution in [0.1, 0.15) is 65.1 Å². The summed E-state index contributed by atoms with van der Waals surface area (Å²) in [4.78, 5) is 54.9. The summed E-state index contributed by atoms with van der Waals surface area (Å²) in [6.07, 6.45) is 5.23. The zero-order valence-corrected chi connectivity index (χ0v) is 28.8. The normalized spacial score (nSPS) is 12.7. The fourth-order valence-corrected chi connectivity index (χ4v) is 22.2. The van der Waals surface area contributed by atoms with E-state index < -0.39 is 47.8 Å². The number of furan rings is 1. The van der Waals surface area contributed by atoms with Gasteiger partial charge in [-0.3, -0.25) is 0 Å². The molecule has 0 unspecified atom stereocenters. The summed E-state index contributed by atoms with van der Waals surface area (Å²) in [5, 5.41) is 0.664. The summed E-state index contributed by atoms with van der Waals surface area (Å²) < 4.78 is 29.4. The van der Waals surface area contributed by atoms with E-state index in [4.69, 9.17) is 23.4 Å². The Balaban J connectivity index is 3.28. The number of ether oxygens (including phenoxy) is 4. The number of unbranched alkanes of at least 4 members (excludes halogenated alkanes) is 3. The molecule has 1 aromatic heterocycles. The van der Waals surface area contributed by atoms with Crippen LogP contribution in [0.2, 0.25) is 13.3 Å². The quantitative estimate of drug-likeness (QED) is 0.0634. The number of fused-ring (bicyclic) bond motifs is 1. The van der Waals surface area contributed by atoms with Crippen LogP contribution in [0.4, 0.5) is 0 Å². The number of rotatable bonds is 16. The van der Waals surface area contributed by atoms with E-state index in [0.29, 0.717) is 11.0 Å². The first-order chi connectivity index (χ1) is 20.2. The standard InChI is InChI=1S/C20H17O9.3C4H9.Sn/c1-25-15(21)10-12(18(22)26-2)16(19(23)27-3)17(20(24)28-4)14-9-11-7-5-6-8-13(11)29-14;3*1-3-4-2;/h5-9H,1-4H3;3*1,3-4H2,2H3;/b12-10?,17-16+;;;;. The summed E-state index contributed by atoms with van der Waals surface area (Å²) in [7, 11) is 4.74. The number of methoxy groups -OCH3 is 4. The Hall–Kier alpha value is -3.08. The van der Waals surface area contributed by atoms with Crippen molar-refractivity contribution in [3.05, 3.63) is 50.8 Å². The van der Waals surface area contributed by atoms with E-state index in [1.54, 1.807) is 30.3 Å². The van der Waals surface area contributed by atoms with Crippen molar-refractivity contribution >= 4 is 58.8 Å². The van der Waals surface area contributed by atoms with Crippen LogP contribution in [-0.2, 0) is 38.1 Å². The Bertz CT molecular complexity index is 1260. The van der Waals surface area contributed by atoms with Crippen molar-refractivity contribution in [1.82, 2.24) is 0 Å². The van der Waals surface area contributed by atoms with Gasteiger partial charge in [-0.25, -0.2) is 0 Å². The van der Waals surface area contributed by atoms with E-state index in [9.17, 15) is 19.2 Å². The molecular weight excluding hydrogens is 647 g/mol. The summed E-state index contributed by atoms with van der Waals surface area (Å²) in [5.41, 5.74) is -0.598. The van der Waals surface area contributed by atoms with E-state index in [2.05, 4.69) is 20.8 Å². The Morgan fingerprint density at radius 3 is 1.60 bits per heavy atom. The molecule has 10 heteroatoms. The molecule has 2 aromatic rings. The summed E-state index contributed by atoms with van der Waals surface area (Å²) >= 11 is -3.92. The zero-order chi connectivity index (χ0) is 31.3. The van der Waals surface area contributed by atoms with Crippen LogP contribution in [-0.4, -0.2) is 70.7 Å². The summed E-state index contributed by atoms with van der Waals surface area (Å²) in [5.74, 6) is -3.56. The first kappa shape index (κ1) is 35.1. The molecule has 0 amide bonds. The average Bonchev–Trinajstić information content (AvgIpc) is 3.45. The van der Waals surface area contributed by atoms with Crippen molar-refractivity contribution in [2.75, 3.05) is 28.4 Å². The number of carbonyl (C=O) groups is 4. The molecule has 2 rings (SSSR count). The number of carbonyl (C=O) groups excluding carboxylic acids is 4. The fourth-order valence-electron chi connectivity index (χ4n) is 5.38. The van der Waals surface area contributed by atoms with Gasteiger partial charge in [0.2, 0.25) is 0 Å². The molecule has 0 aliphatic carbocycles. The van der Waals surface area contributed by atoms with Gasteiger partial charge in [-0.05, 0) is 0 Å². The molecule has 0 radical (unpaired) electrons. The first-order valence-corrected chi connectivity index (χ1v) is 22.0. The zero-order valence-electron chi connectivity index (χ0n) is 25.9. The molecule has 9 nitrogen and oxygen atoms in total. The van der Waals surface area contributed by atoms with Crippen molar-refractivity contribution in [3.63, 3.8) is 0 Å². The average molecular weight is 691 g/mol. The van der Waals surface area contributed by atoms with Crippen molar-refractivity contribution in [2.24, 2.45) is 0 Å². The van der Waals surface area contributed by atoms with E-state index in [1.807, 2.05) is 0 Å². The van der Waals surface area contributed by atoms with E-state index in [0.717, 1.165) is 66.1 Å². The molecule has 0 aliphatic rings. The first-order valence-electron chi connectivity index (χ1n) is 14.5. The Morgan fingerprint density at radius 1 is 0.667 bits per heavy atom. The third-order valence-corrected chi connectivity index (χ3v) is 23.1. The second-order valence-corrected chi connectivity index (χ2v) is 23.2. The topological polar surface area (TPSA) is 118 Å². The second kappa shape index (κ2) is 17.1. The number of para-hydroxylation sites is 1. The number of hydrogen-bond donors (Lipinski definition) is 0. The number of esters is 4. The molecule has 1 heterocycles. The van der Waals surface area contributed by atoms with Crippen molar-refractivity contribution in [1.29, 1.82) is 0 Å². The van der Waals surface area contributed by atoms with Gasteiger partial charge in [0.1, 0.15) is 0 Å². The maximum absolute atomic E-state index is 13.9. The van der Waals surface area contributed by atoms with Crippen LogP contribution in [0.15, 0.2) is 49.5 Å². The maximum atomic E-state index is 13.9. The van der Waals surface area contributed by atoms with Gasteiger partial charge in [0.15, 0.2) is 0 Å². The number of benzene rings is 1. The van der Waals surface area contributed by atoms with E-state index in [-0.39, 0.29) is 20.5 Å². The molecular formula is C32H44O9Sn. The van der Waals surface area contributed by atoms with Gasteiger partial charge in [0, 0.05) is 0 Å². The van der Waals surface area contributed by atoms with Gasteiger partial charge in [-0.2, -0.15) is 0 Å². The van der Waals surface area contributed by atoms with Crippen LogP contribution in [0.3, 0.4) is 0 Å². The van der Waals surface area contributed by atoms with Crippen molar-refractivity contribution < 1.29 is 42.5 Å². The summed E-state index contributed by atoms with van der Waals surface area (Å²) in [6, 6.07) is 8.65. The molecule has 1 aromatic carbocycles. The monoisotopic (exact) mass is 692 g/mol. The van der Waals surface area contributed by atoms with Gasteiger partial charge in [0.05, 0.1) is 0 Å². The van der Waals surface area contributed by atoms with E-state index >= 15 is 0 Å². The van der Waals surface area contributed by atoms with Crippen molar-refractivity contribution in [2.45, 2.75) is 72.6 Å². The summed E-state index contributed by atoms with van der Waals surface area (Å²) in [6.45, 7) is 6.24. The molecule has 0 saturated carbocycles. The fraction of sp³-hybridized carbons (Fsp3) is 0.500. The van der Waals surface area contributed by atoms with Gasteiger partial charge in [-0.1, -0.05) is 0 Å². The van der Waals surface area contributed by atoms with Gasteiger partial charge in [0.25, 0.3) is 0 Å². The molecule has 0 aliphatic heterocycles. The van der Waals surface area contributed by atoms with Gasteiger partial charge in [-0.15, -0.1) is 0 Å². The number of hydrogen-bond acceptors (Lipinski definition) is 9. The third kappa shape index (κ3) is 8.05. The molecule has 0 atom stereocenters. The molecule has 0 fully saturated rings. The minimum absolute atomic E-state index is 0.00876. The Kier molecular flexibility index (Phi) is 14.3. The molecule has 42 heavy (non-hydrogen) atoms. The Morgan fingerprint density at radius 2 is 1.14 bits per heavy atom. The van der Waals surface area contributed by atoms with E-state index in [1.165, 1.54) is 14.2 Å². The van der Waals surface area contributed by atoms with Crippen LogP contribution in [0.5, 0.6) is 0 Å². The molecule has 0 saturated heterocycles. The predicted molar refractivity (Wildman–Crippen MR) is 163 cm³/mol. The SMILES string of the molecule is CCC[CH2][Sn]([CH2]CCC)([CH2]CCC)/[C](C(=O)OC)=C(C(=O)OC)/C(C(=O)OC)=C(\C(=O)OC)c1cc2ccccc2o1. The third-order valence-electron chi connectivity index (χ3n) is 7.54. The second-order valence-electron chi connectivity index (χ2n) is 10.2. The van der Waals surface area contributed by atoms with Crippen LogP contribution >= 0.6 is 0 Å². The van der Waals surface area contributed by atoms with Crippen molar-refractivity contribution in [3.8, 4) is 0 Å². The van der Waals surface area contributed by atoms with Gasteiger partial charge >= 0.3 is 253 Å². The van der Waals surface area contributed by atoms with Crippen LogP contribution in [0, 0.1) is 0 Å².